The third-order valence-corrected chi connectivity index (χ3v) is 5.19. The van der Waals surface area contributed by atoms with Crippen LogP contribution in [0.4, 0.5) is 0 Å². The molecule has 0 unspecified atom stereocenters. The van der Waals surface area contributed by atoms with E-state index in [9.17, 15) is 0 Å². The Kier molecular flexibility index (Phi) is 4.55. The first-order valence-electron chi connectivity index (χ1n) is 8.33. The van der Waals surface area contributed by atoms with Crippen LogP contribution in [0.25, 0.3) is 0 Å². The van der Waals surface area contributed by atoms with Gasteiger partial charge < -0.3 is 15.0 Å². The molecule has 1 aliphatic carbocycles. The quantitative estimate of drug-likeness (QED) is 0.686. The molecule has 0 aromatic heterocycles. The fourth-order valence-electron chi connectivity index (χ4n) is 3.68. The monoisotopic (exact) mass is 301 g/mol. The van der Waals surface area contributed by atoms with E-state index in [1.807, 2.05) is 19.2 Å². The van der Waals surface area contributed by atoms with Crippen LogP contribution in [0.5, 0.6) is 5.75 Å². The lowest BCUT2D eigenvalue weighted by atomic mass is 9.68. The number of nitrogens with one attached hydrogen (secondary N) is 1. The molecule has 3 rings (SSSR count). The van der Waals surface area contributed by atoms with Gasteiger partial charge in [-0.05, 0) is 48.8 Å². The molecule has 0 bridgehead atoms. The van der Waals surface area contributed by atoms with Gasteiger partial charge in [0.05, 0.1) is 7.11 Å². The number of hydrogen-bond acceptors (Lipinski definition) is 2. The van der Waals surface area contributed by atoms with Crippen molar-refractivity contribution in [2.75, 3.05) is 33.8 Å². The zero-order valence-electron chi connectivity index (χ0n) is 13.8. The zero-order valence-corrected chi connectivity index (χ0v) is 13.8. The number of benzene rings is 1. The third-order valence-electron chi connectivity index (χ3n) is 5.19. The molecule has 4 heteroatoms. The molecule has 1 N–H and O–H groups in total. The fraction of sp³-hybridized carbons (Fsp3) is 0.611. The Hall–Kier alpha value is -1.71. The Bertz CT molecular complexity index is 537. The SMILES string of the molecule is CN=C(NCCc1cccc(OC)c1)N1CCC2(CCC2)C1. The standard InChI is InChI=1S/C18H27N3O/c1-19-17(21-12-10-18(14-21)8-4-9-18)20-11-7-15-5-3-6-16(13-15)22-2/h3,5-6,13H,4,7-12,14H2,1-2H3,(H,19,20). The lowest BCUT2D eigenvalue weighted by Crippen LogP contribution is -2.43. The second-order valence-corrected chi connectivity index (χ2v) is 6.60. The molecule has 1 aromatic carbocycles. The summed E-state index contributed by atoms with van der Waals surface area (Å²) in [6, 6.07) is 8.28. The summed E-state index contributed by atoms with van der Waals surface area (Å²) in [7, 11) is 3.60. The summed E-state index contributed by atoms with van der Waals surface area (Å²) >= 11 is 0. The summed E-state index contributed by atoms with van der Waals surface area (Å²) in [6.07, 6.45) is 6.54. The summed E-state index contributed by atoms with van der Waals surface area (Å²) in [5.74, 6) is 1.99. The summed E-state index contributed by atoms with van der Waals surface area (Å²) in [6.45, 7) is 3.24. The van der Waals surface area contributed by atoms with Gasteiger partial charge in [0.1, 0.15) is 5.75 Å². The van der Waals surface area contributed by atoms with Gasteiger partial charge in [0.2, 0.25) is 0 Å². The first-order valence-corrected chi connectivity index (χ1v) is 8.33. The molecule has 1 saturated heterocycles. The molecular weight excluding hydrogens is 274 g/mol. The first kappa shape index (κ1) is 15.2. The number of aliphatic imine (C=N–C) groups is 1. The van der Waals surface area contributed by atoms with Gasteiger partial charge >= 0.3 is 0 Å². The maximum Gasteiger partial charge on any atom is 0.193 e. The zero-order chi connectivity index (χ0) is 15.4. The van der Waals surface area contributed by atoms with Crippen LogP contribution in [0.2, 0.25) is 0 Å². The van der Waals surface area contributed by atoms with Crippen LogP contribution < -0.4 is 10.1 Å². The van der Waals surface area contributed by atoms with Crippen molar-refractivity contribution in [3.8, 4) is 5.75 Å². The van der Waals surface area contributed by atoms with Gasteiger partial charge in [0.25, 0.3) is 0 Å². The van der Waals surface area contributed by atoms with E-state index in [4.69, 9.17) is 4.74 Å². The van der Waals surface area contributed by atoms with Crippen molar-refractivity contribution >= 4 is 5.96 Å². The highest BCUT2D eigenvalue weighted by Gasteiger charge is 2.43. The molecule has 4 nitrogen and oxygen atoms in total. The van der Waals surface area contributed by atoms with E-state index in [0.717, 1.165) is 31.2 Å². The van der Waals surface area contributed by atoms with Crippen LogP contribution in [0.3, 0.4) is 0 Å². The molecule has 0 amide bonds. The van der Waals surface area contributed by atoms with E-state index >= 15 is 0 Å². The Morgan fingerprint density at radius 3 is 2.86 bits per heavy atom. The number of rotatable bonds is 4. The van der Waals surface area contributed by atoms with E-state index in [-0.39, 0.29) is 0 Å². The Morgan fingerprint density at radius 2 is 2.23 bits per heavy atom. The molecule has 1 aromatic rings. The molecular formula is C18H27N3O. The normalized spacial score (nSPS) is 20.1. The Labute approximate surface area is 133 Å². The Morgan fingerprint density at radius 1 is 1.36 bits per heavy atom. The van der Waals surface area contributed by atoms with Gasteiger partial charge in [0.15, 0.2) is 5.96 Å². The second kappa shape index (κ2) is 6.59. The molecule has 2 fully saturated rings. The topological polar surface area (TPSA) is 36.9 Å². The highest BCUT2D eigenvalue weighted by Crippen LogP contribution is 2.47. The van der Waals surface area contributed by atoms with Gasteiger partial charge in [-0.25, -0.2) is 0 Å². The molecule has 1 heterocycles. The van der Waals surface area contributed by atoms with Crippen LogP contribution in [0.1, 0.15) is 31.2 Å². The third kappa shape index (κ3) is 3.21. The van der Waals surface area contributed by atoms with Crippen molar-refractivity contribution in [1.29, 1.82) is 0 Å². The second-order valence-electron chi connectivity index (χ2n) is 6.60. The van der Waals surface area contributed by atoms with Crippen LogP contribution >= 0.6 is 0 Å². The van der Waals surface area contributed by atoms with Crippen molar-refractivity contribution in [3.63, 3.8) is 0 Å². The molecule has 1 saturated carbocycles. The predicted molar refractivity (Wildman–Crippen MR) is 90.5 cm³/mol. The number of guanidine groups is 1. The van der Waals surface area contributed by atoms with Gasteiger partial charge in [-0.3, -0.25) is 4.99 Å². The molecule has 0 radical (unpaired) electrons. The molecule has 2 aliphatic rings. The predicted octanol–water partition coefficient (Wildman–Crippen LogP) is 2.69. The molecule has 1 spiro atoms. The van der Waals surface area contributed by atoms with E-state index < -0.39 is 0 Å². The number of methoxy groups -OCH3 is 1. The highest BCUT2D eigenvalue weighted by atomic mass is 16.5. The van der Waals surface area contributed by atoms with Crippen LogP contribution in [-0.2, 0) is 6.42 Å². The summed E-state index contributed by atoms with van der Waals surface area (Å²) < 4.78 is 5.27. The van der Waals surface area contributed by atoms with E-state index in [1.54, 1.807) is 7.11 Å². The molecule has 0 atom stereocenters. The van der Waals surface area contributed by atoms with Crippen molar-refractivity contribution in [3.05, 3.63) is 29.8 Å². The maximum atomic E-state index is 5.27. The molecule has 120 valence electrons. The minimum Gasteiger partial charge on any atom is -0.497 e. The fourth-order valence-corrected chi connectivity index (χ4v) is 3.68. The first-order chi connectivity index (χ1) is 10.7. The van der Waals surface area contributed by atoms with Crippen molar-refractivity contribution < 1.29 is 4.74 Å². The number of likely N-dealkylation sites (tertiary alicyclic amines) is 1. The smallest absolute Gasteiger partial charge is 0.193 e. The van der Waals surface area contributed by atoms with Crippen molar-refractivity contribution in [1.82, 2.24) is 10.2 Å². The largest absolute Gasteiger partial charge is 0.497 e. The van der Waals surface area contributed by atoms with E-state index in [1.165, 1.54) is 37.8 Å². The molecule has 1 aliphatic heterocycles. The minimum absolute atomic E-state index is 0.615. The maximum absolute atomic E-state index is 5.27. The van der Waals surface area contributed by atoms with Gasteiger partial charge in [0, 0.05) is 26.7 Å². The number of nitrogens with zero attached hydrogens (tertiary/aromatic N) is 2. The van der Waals surface area contributed by atoms with Crippen LogP contribution in [0.15, 0.2) is 29.3 Å². The van der Waals surface area contributed by atoms with Crippen LogP contribution in [-0.4, -0.2) is 44.7 Å². The van der Waals surface area contributed by atoms with Gasteiger partial charge in [-0.1, -0.05) is 18.6 Å². The molecule has 22 heavy (non-hydrogen) atoms. The number of hydrogen-bond donors (Lipinski definition) is 1. The lowest BCUT2D eigenvalue weighted by Gasteiger charge is -2.38. The lowest BCUT2D eigenvalue weighted by molar-refractivity contribution is 0.151. The average Bonchev–Trinajstić information content (AvgIpc) is 2.97. The van der Waals surface area contributed by atoms with Crippen molar-refractivity contribution in [2.45, 2.75) is 32.1 Å². The summed E-state index contributed by atoms with van der Waals surface area (Å²) in [4.78, 5) is 6.90. The summed E-state index contributed by atoms with van der Waals surface area (Å²) in [5.41, 5.74) is 1.91. The summed E-state index contributed by atoms with van der Waals surface area (Å²) in [5, 5.41) is 3.52. The van der Waals surface area contributed by atoms with Crippen LogP contribution in [0, 0.1) is 5.41 Å². The van der Waals surface area contributed by atoms with Gasteiger partial charge in [-0.15, -0.1) is 0 Å². The van der Waals surface area contributed by atoms with Crippen molar-refractivity contribution in [2.24, 2.45) is 10.4 Å². The number of ether oxygens (including phenoxy) is 1. The average molecular weight is 301 g/mol. The van der Waals surface area contributed by atoms with E-state index in [0.29, 0.717) is 5.41 Å². The van der Waals surface area contributed by atoms with Gasteiger partial charge in [-0.2, -0.15) is 0 Å². The Balaban J connectivity index is 1.49. The van der Waals surface area contributed by atoms with E-state index in [2.05, 4.69) is 27.3 Å². The highest BCUT2D eigenvalue weighted by molar-refractivity contribution is 5.80. The minimum atomic E-state index is 0.615.